The van der Waals surface area contributed by atoms with E-state index in [1.54, 1.807) is 17.0 Å². The van der Waals surface area contributed by atoms with E-state index >= 15 is 0 Å². The summed E-state index contributed by atoms with van der Waals surface area (Å²) in [5.74, 6) is 0. The van der Waals surface area contributed by atoms with Crippen molar-refractivity contribution in [1.82, 2.24) is 4.90 Å². The average Bonchev–Trinajstić information content (AvgIpc) is 2.45. The Morgan fingerprint density at radius 1 is 1.22 bits per heavy atom. The lowest BCUT2D eigenvalue weighted by Crippen LogP contribution is -2.50. The zero-order valence-electron chi connectivity index (χ0n) is 13.4. The van der Waals surface area contributed by atoms with Crippen molar-refractivity contribution in [2.24, 2.45) is 0 Å². The van der Waals surface area contributed by atoms with E-state index in [2.05, 4.69) is 27.5 Å². The predicted molar refractivity (Wildman–Crippen MR) is 95.8 cm³/mol. The molecule has 0 spiro atoms. The number of nitro benzene ring substituents is 1. The van der Waals surface area contributed by atoms with E-state index in [0.29, 0.717) is 26.2 Å². The van der Waals surface area contributed by atoms with Gasteiger partial charge in [0.05, 0.1) is 4.92 Å². The van der Waals surface area contributed by atoms with Crippen molar-refractivity contribution in [3.8, 4) is 0 Å². The van der Waals surface area contributed by atoms with Gasteiger partial charge in [-0.2, -0.15) is 0 Å². The summed E-state index contributed by atoms with van der Waals surface area (Å²) in [6.45, 7) is 7.83. The van der Waals surface area contributed by atoms with E-state index in [-0.39, 0.29) is 16.7 Å². The standard InChI is InChI=1S/C15H20IN3O4/c1-15(2,3)23-14(20)18-6-4-17(5-7-18)12-8-11(16)9-13(10-12)19(21)22/h8-10H,4-7H2,1-3H3. The Bertz CT molecular complexity index is 607. The number of hydrogen-bond acceptors (Lipinski definition) is 5. The van der Waals surface area contributed by atoms with Crippen LogP contribution in [0.15, 0.2) is 18.2 Å². The second-order valence-corrected chi connectivity index (χ2v) is 7.62. The average molecular weight is 433 g/mol. The van der Waals surface area contributed by atoms with Crippen LogP contribution in [0.5, 0.6) is 0 Å². The van der Waals surface area contributed by atoms with Crippen molar-refractivity contribution in [3.05, 3.63) is 31.9 Å². The van der Waals surface area contributed by atoms with Crippen LogP contribution in [0.1, 0.15) is 20.8 Å². The van der Waals surface area contributed by atoms with Crippen LogP contribution in [0.4, 0.5) is 16.2 Å². The number of carbonyl (C=O) groups excluding carboxylic acids is 1. The van der Waals surface area contributed by atoms with Crippen LogP contribution in [-0.4, -0.2) is 47.7 Å². The minimum absolute atomic E-state index is 0.0847. The summed E-state index contributed by atoms with van der Waals surface area (Å²) < 4.78 is 6.19. The van der Waals surface area contributed by atoms with Gasteiger partial charge in [0.15, 0.2) is 0 Å². The van der Waals surface area contributed by atoms with Gasteiger partial charge < -0.3 is 14.5 Å². The summed E-state index contributed by atoms with van der Waals surface area (Å²) in [7, 11) is 0. The topological polar surface area (TPSA) is 75.9 Å². The van der Waals surface area contributed by atoms with Crippen molar-refractivity contribution in [1.29, 1.82) is 0 Å². The van der Waals surface area contributed by atoms with E-state index in [9.17, 15) is 14.9 Å². The van der Waals surface area contributed by atoms with Crippen molar-refractivity contribution in [2.75, 3.05) is 31.1 Å². The minimum atomic E-state index is -0.510. The van der Waals surface area contributed by atoms with E-state index in [1.807, 2.05) is 26.8 Å². The fraction of sp³-hybridized carbons (Fsp3) is 0.533. The molecule has 1 aromatic carbocycles. The maximum Gasteiger partial charge on any atom is 0.410 e. The smallest absolute Gasteiger partial charge is 0.410 e. The monoisotopic (exact) mass is 433 g/mol. The number of non-ortho nitro benzene ring substituents is 1. The Hall–Kier alpha value is -1.58. The molecule has 0 atom stereocenters. The number of amides is 1. The molecule has 23 heavy (non-hydrogen) atoms. The van der Waals surface area contributed by atoms with Gasteiger partial charge in [-0.15, -0.1) is 0 Å². The highest BCUT2D eigenvalue weighted by Gasteiger charge is 2.26. The quantitative estimate of drug-likeness (QED) is 0.407. The highest BCUT2D eigenvalue weighted by atomic mass is 127. The zero-order valence-corrected chi connectivity index (χ0v) is 15.6. The number of piperazine rings is 1. The van der Waals surface area contributed by atoms with Gasteiger partial charge in [-0.25, -0.2) is 4.79 Å². The van der Waals surface area contributed by atoms with E-state index in [0.717, 1.165) is 9.26 Å². The first-order valence-corrected chi connectivity index (χ1v) is 8.41. The van der Waals surface area contributed by atoms with Gasteiger partial charge in [0.25, 0.3) is 5.69 Å². The number of nitro groups is 1. The van der Waals surface area contributed by atoms with Crippen molar-refractivity contribution in [2.45, 2.75) is 26.4 Å². The number of rotatable bonds is 2. The van der Waals surface area contributed by atoms with Crippen molar-refractivity contribution < 1.29 is 14.5 Å². The number of halogens is 1. The summed E-state index contributed by atoms with van der Waals surface area (Å²) in [6.07, 6.45) is -0.314. The molecular weight excluding hydrogens is 413 g/mol. The maximum atomic E-state index is 12.0. The van der Waals surface area contributed by atoms with Crippen LogP contribution in [0.2, 0.25) is 0 Å². The molecule has 1 saturated heterocycles. The van der Waals surface area contributed by atoms with Crippen LogP contribution in [0.3, 0.4) is 0 Å². The highest BCUT2D eigenvalue weighted by molar-refractivity contribution is 14.1. The Morgan fingerprint density at radius 3 is 2.35 bits per heavy atom. The lowest BCUT2D eigenvalue weighted by molar-refractivity contribution is -0.384. The first-order valence-electron chi connectivity index (χ1n) is 7.33. The first-order chi connectivity index (χ1) is 10.7. The zero-order chi connectivity index (χ0) is 17.2. The van der Waals surface area contributed by atoms with Gasteiger partial charge in [0, 0.05) is 47.6 Å². The third-order valence-corrected chi connectivity index (χ3v) is 4.00. The summed E-state index contributed by atoms with van der Waals surface area (Å²) in [5.41, 5.74) is 0.388. The van der Waals surface area contributed by atoms with Gasteiger partial charge in [0.2, 0.25) is 0 Å². The van der Waals surface area contributed by atoms with E-state index in [1.165, 1.54) is 0 Å². The number of ether oxygens (including phenoxy) is 1. The predicted octanol–water partition coefficient (Wildman–Crippen LogP) is 3.26. The molecular formula is C15H20IN3O4. The fourth-order valence-electron chi connectivity index (χ4n) is 2.32. The summed E-state index contributed by atoms with van der Waals surface area (Å²) >= 11 is 2.07. The number of hydrogen-bond donors (Lipinski definition) is 0. The number of benzene rings is 1. The Labute approximate surface area is 148 Å². The maximum absolute atomic E-state index is 12.0. The van der Waals surface area contributed by atoms with E-state index < -0.39 is 5.60 Å². The Balaban J connectivity index is 2.02. The Kier molecular flexibility index (Phi) is 5.33. The summed E-state index contributed by atoms with van der Waals surface area (Å²) in [6, 6.07) is 5.03. The van der Waals surface area contributed by atoms with Crippen LogP contribution < -0.4 is 4.90 Å². The molecule has 1 heterocycles. The van der Waals surface area contributed by atoms with Gasteiger partial charge in [-0.1, -0.05) is 0 Å². The molecule has 0 aromatic heterocycles. The minimum Gasteiger partial charge on any atom is -0.444 e. The number of nitrogens with zero attached hydrogens (tertiary/aromatic N) is 3. The molecule has 0 aliphatic carbocycles. The largest absolute Gasteiger partial charge is 0.444 e. The summed E-state index contributed by atoms with van der Waals surface area (Å²) in [4.78, 5) is 26.4. The molecule has 1 fully saturated rings. The molecule has 1 aliphatic rings. The molecule has 2 rings (SSSR count). The van der Waals surface area contributed by atoms with E-state index in [4.69, 9.17) is 4.74 Å². The van der Waals surface area contributed by atoms with Crippen LogP contribution in [-0.2, 0) is 4.74 Å². The normalized spacial score (nSPS) is 15.5. The third-order valence-electron chi connectivity index (χ3n) is 3.37. The highest BCUT2D eigenvalue weighted by Crippen LogP contribution is 2.26. The molecule has 0 unspecified atom stereocenters. The SMILES string of the molecule is CC(C)(C)OC(=O)N1CCN(c2cc(I)cc([N+](=O)[O-])c2)CC1. The molecule has 1 amide bonds. The molecule has 126 valence electrons. The second-order valence-electron chi connectivity index (χ2n) is 6.38. The van der Waals surface area contributed by atoms with Gasteiger partial charge >= 0.3 is 6.09 Å². The molecule has 0 radical (unpaired) electrons. The van der Waals surface area contributed by atoms with Crippen LogP contribution in [0, 0.1) is 13.7 Å². The Morgan fingerprint density at radius 2 is 1.83 bits per heavy atom. The molecule has 1 aliphatic heterocycles. The molecule has 7 nitrogen and oxygen atoms in total. The molecule has 8 heteroatoms. The van der Waals surface area contributed by atoms with Crippen LogP contribution >= 0.6 is 22.6 Å². The van der Waals surface area contributed by atoms with Gasteiger partial charge in [-0.3, -0.25) is 10.1 Å². The van der Waals surface area contributed by atoms with Crippen molar-refractivity contribution >= 4 is 40.1 Å². The molecule has 0 bridgehead atoms. The lowest BCUT2D eigenvalue weighted by atomic mass is 10.2. The van der Waals surface area contributed by atoms with Gasteiger partial charge in [0.1, 0.15) is 5.60 Å². The van der Waals surface area contributed by atoms with Crippen molar-refractivity contribution in [3.63, 3.8) is 0 Å². The summed E-state index contributed by atoms with van der Waals surface area (Å²) in [5, 5.41) is 11.0. The molecule has 0 N–H and O–H groups in total. The number of carbonyl (C=O) groups is 1. The molecule has 1 aromatic rings. The van der Waals surface area contributed by atoms with Gasteiger partial charge in [-0.05, 0) is 49.4 Å². The van der Waals surface area contributed by atoms with Crippen LogP contribution in [0.25, 0.3) is 0 Å². The third kappa shape index (κ3) is 4.95. The first kappa shape index (κ1) is 17.8. The lowest BCUT2D eigenvalue weighted by Gasteiger charge is -2.36. The second kappa shape index (κ2) is 6.90. The fourth-order valence-corrected chi connectivity index (χ4v) is 2.96. The number of anilines is 1. The molecule has 0 saturated carbocycles.